The van der Waals surface area contributed by atoms with E-state index in [9.17, 15) is 4.79 Å². The van der Waals surface area contributed by atoms with Gasteiger partial charge in [0, 0.05) is 17.6 Å². The summed E-state index contributed by atoms with van der Waals surface area (Å²) in [5.74, 6) is -0.170. The smallest absolute Gasteiger partial charge is 0.275 e. The van der Waals surface area contributed by atoms with Crippen LogP contribution in [0.25, 0.3) is 0 Å². The second kappa shape index (κ2) is 6.63. The normalized spacial score (nSPS) is 10.6. The van der Waals surface area contributed by atoms with Gasteiger partial charge in [-0.05, 0) is 24.0 Å². The summed E-state index contributed by atoms with van der Waals surface area (Å²) < 4.78 is 0. The van der Waals surface area contributed by atoms with Gasteiger partial charge in [-0.3, -0.25) is 4.79 Å². The standard InChI is InChI=1S/C15H19N3OS/c1-3-10-6-5-7-11(4-2)14(10)18-15(19)12-9-20-13(8-16)17-12/h5-7,9H,3-4,8,16H2,1-2H3,(H,18,19). The zero-order valence-electron chi connectivity index (χ0n) is 11.8. The first-order chi connectivity index (χ1) is 9.69. The lowest BCUT2D eigenvalue weighted by molar-refractivity contribution is 0.102. The Morgan fingerprint density at radius 2 is 1.95 bits per heavy atom. The van der Waals surface area contributed by atoms with Gasteiger partial charge in [-0.2, -0.15) is 0 Å². The summed E-state index contributed by atoms with van der Waals surface area (Å²) in [5.41, 5.74) is 9.17. The number of thiazole rings is 1. The topological polar surface area (TPSA) is 68.0 Å². The number of aromatic nitrogens is 1. The van der Waals surface area contributed by atoms with Gasteiger partial charge in [0.15, 0.2) is 0 Å². The molecule has 20 heavy (non-hydrogen) atoms. The maximum atomic E-state index is 12.3. The molecule has 0 aliphatic heterocycles. The first-order valence-corrected chi connectivity index (χ1v) is 7.64. The third kappa shape index (κ3) is 3.05. The average molecular weight is 289 g/mol. The number of nitrogens with zero attached hydrogens (tertiary/aromatic N) is 1. The fourth-order valence-corrected chi connectivity index (χ4v) is 2.74. The number of benzene rings is 1. The maximum absolute atomic E-state index is 12.3. The first-order valence-electron chi connectivity index (χ1n) is 6.76. The summed E-state index contributed by atoms with van der Waals surface area (Å²) >= 11 is 1.41. The van der Waals surface area contributed by atoms with Crippen LogP contribution in [-0.4, -0.2) is 10.9 Å². The number of para-hydroxylation sites is 1. The highest BCUT2D eigenvalue weighted by Gasteiger charge is 2.14. The van der Waals surface area contributed by atoms with Gasteiger partial charge in [0.25, 0.3) is 5.91 Å². The molecule has 0 aliphatic carbocycles. The summed E-state index contributed by atoms with van der Waals surface area (Å²) in [6, 6.07) is 6.12. The molecule has 2 aromatic rings. The number of carbonyl (C=O) groups excluding carboxylic acids is 1. The minimum atomic E-state index is -0.170. The Morgan fingerprint density at radius 1 is 1.30 bits per heavy atom. The molecule has 0 unspecified atom stereocenters. The molecule has 0 spiro atoms. The number of aryl methyl sites for hydroxylation is 2. The highest BCUT2D eigenvalue weighted by atomic mass is 32.1. The lowest BCUT2D eigenvalue weighted by Gasteiger charge is -2.13. The van der Waals surface area contributed by atoms with Gasteiger partial charge < -0.3 is 11.1 Å². The Bertz CT molecular complexity index is 585. The molecule has 106 valence electrons. The van der Waals surface area contributed by atoms with Crippen molar-refractivity contribution in [1.29, 1.82) is 0 Å². The van der Waals surface area contributed by atoms with E-state index in [1.54, 1.807) is 5.38 Å². The average Bonchev–Trinajstić information content (AvgIpc) is 2.96. The predicted molar refractivity (Wildman–Crippen MR) is 83.2 cm³/mol. The van der Waals surface area contributed by atoms with Gasteiger partial charge in [-0.25, -0.2) is 4.98 Å². The van der Waals surface area contributed by atoms with E-state index in [-0.39, 0.29) is 5.91 Å². The van der Waals surface area contributed by atoms with E-state index in [0.29, 0.717) is 12.2 Å². The number of nitrogens with two attached hydrogens (primary N) is 1. The lowest BCUT2D eigenvalue weighted by atomic mass is 10.0. The van der Waals surface area contributed by atoms with Gasteiger partial charge in [0.1, 0.15) is 10.7 Å². The Kier molecular flexibility index (Phi) is 4.87. The van der Waals surface area contributed by atoms with Crippen LogP contribution in [0.5, 0.6) is 0 Å². The van der Waals surface area contributed by atoms with Crippen molar-refractivity contribution < 1.29 is 4.79 Å². The van der Waals surface area contributed by atoms with Crippen molar-refractivity contribution in [3.8, 4) is 0 Å². The molecule has 1 amide bonds. The third-order valence-electron chi connectivity index (χ3n) is 3.20. The summed E-state index contributed by atoms with van der Waals surface area (Å²) in [4.78, 5) is 16.5. The van der Waals surface area contributed by atoms with E-state index >= 15 is 0 Å². The number of hydrogen-bond acceptors (Lipinski definition) is 4. The van der Waals surface area contributed by atoms with Crippen LogP contribution in [0.3, 0.4) is 0 Å². The highest BCUT2D eigenvalue weighted by molar-refractivity contribution is 7.09. The van der Waals surface area contributed by atoms with Gasteiger partial charge in [0.2, 0.25) is 0 Å². The number of anilines is 1. The van der Waals surface area contributed by atoms with Crippen LogP contribution in [0.15, 0.2) is 23.6 Å². The molecule has 0 atom stereocenters. The molecule has 2 rings (SSSR count). The van der Waals surface area contributed by atoms with Crippen LogP contribution in [0, 0.1) is 0 Å². The van der Waals surface area contributed by atoms with Crippen LogP contribution in [0.4, 0.5) is 5.69 Å². The summed E-state index contributed by atoms with van der Waals surface area (Å²) in [6.07, 6.45) is 1.77. The molecule has 0 bridgehead atoms. The predicted octanol–water partition coefficient (Wildman–Crippen LogP) is 2.98. The van der Waals surface area contributed by atoms with Crippen LogP contribution in [0.2, 0.25) is 0 Å². The van der Waals surface area contributed by atoms with E-state index < -0.39 is 0 Å². The zero-order chi connectivity index (χ0) is 14.5. The monoisotopic (exact) mass is 289 g/mol. The van der Waals surface area contributed by atoms with Crippen molar-refractivity contribution in [2.24, 2.45) is 5.73 Å². The largest absolute Gasteiger partial charge is 0.325 e. The molecular weight excluding hydrogens is 270 g/mol. The van der Waals surface area contributed by atoms with E-state index in [4.69, 9.17) is 5.73 Å². The van der Waals surface area contributed by atoms with Crippen LogP contribution >= 0.6 is 11.3 Å². The third-order valence-corrected chi connectivity index (χ3v) is 4.07. The van der Waals surface area contributed by atoms with Gasteiger partial charge >= 0.3 is 0 Å². The molecule has 5 heteroatoms. The molecule has 0 fully saturated rings. The lowest BCUT2D eigenvalue weighted by Crippen LogP contribution is -2.15. The maximum Gasteiger partial charge on any atom is 0.275 e. The minimum Gasteiger partial charge on any atom is -0.325 e. The van der Waals surface area contributed by atoms with E-state index in [2.05, 4.69) is 24.1 Å². The molecule has 1 heterocycles. The van der Waals surface area contributed by atoms with E-state index in [1.807, 2.05) is 18.2 Å². The minimum absolute atomic E-state index is 0.170. The van der Waals surface area contributed by atoms with Crippen molar-refractivity contribution >= 4 is 22.9 Å². The Morgan fingerprint density at radius 3 is 2.45 bits per heavy atom. The Balaban J connectivity index is 2.27. The molecule has 0 saturated heterocycles. The van der Waals surface area contributed by atoms with Crippen molar-refractivity contribution in [2.75, 3.05) is 5.32 Å². The van der Waals surface area contributed by atoms with Gasteiger partial charge in [-0.1, -0.05) is 32.0 Å². The summed E-state index contributed by atoms with van der Waals surface area (Å²) in [5, 5.41) is 5.52. The zero-order valence-corrected chi connectivity index (χ0v) is 12.6. The second-order valence-electron chi connectivity index (χ2n) is 4.44. The molecular formula is C15H19N3OS. The Labute approximate surface area is 123 Å². The molecule has 1 aromatic heterocycles. The molecule has 1 aromatic carbocycles. The first kappa shape index (κ1) is 14.7. The van der Waals surface area contributed by atoms with Gasteiger partial charge in [0.05, 0.1) is 0 Å². The number of amides is 1. The van der Waals surface area contributed by atoms with Crippen LogP contribution in [0.1, 0.15) is 40.5 Å². The van der Waals surface area contributed by atoms with E-state index in [1.165, 1.54) is 11.3 Å². The highest BCUT2D eigenvalue weighted by Crippen LogP contribution is 2.23. The molecule has 3 N–H and O–H groups in total. The fraction of sp³-hybridized carbons (Fsp3) is 0.333. The van der Waals surface area contributed by atoms with Crippen LogP contribution < -0.4 is 11.1 Å². The van der Waals surface area contributed by atoms with E-state index in [0.717, 1.165) is 34.7 Å². The molecule has 4 nitrogen and oxygen atoms in total. The second-order valence-corrected chi connectivity index (χ2v) is 5.39. The quantitative estimate of drug-likeness (QED) is 0.889. The summed E-state index contributed by atoms with van der Waals surface area (Å²) in [7, 11) is 0. The number of carbonyl (C=O) groups is 1. The SMILES string of the molecule is CCc1cccc(CC)c1NC(=O)c1csc(CN)n1. The van der Waals surface area contributed by atoms with Crippen molar-refractivity contribution in [2.45, 2.75) is 33.2 Å². The molecule has 0 radical (unpaired) electrons. The van der Waals surface area contributed by atoms with Gasteiger partial charge in [-0.15, -0.1) is 11.3 Å². The fourth-order valence-electron chi connectivity index (χ4n) is 2.09. The summed E-state index contributed by atoms with van der Waals surface area (Å²) in [6.45, 7) is 4.53. The Hall–Kier alpha value is -1.72. The number of hydrogen-bond donors (Lipinski definition) is 2. The van der Waals surface area contributed by atoms with Crippen molar-refractivity contribution in [1.82, 2.24) is 4.98 Å². The van der Waals surface area contributed by atoms with Crippen LogP contribution in [-0.2, 0) is 19.4 Å². The van der Waals surface area contributed by atoms with Crippen molar-refractivity contribution in [3.05, 3.63) is 45.4 Å². The molecule has 0 saturated carbocycles. The van der Waals surface area contributed by atoms with Crippen molar-refractivity contribution in [3.63, 3.8) is 0 Å². The molecule has 0 aliphatic rings. The number of rotatable bonds is 5. The number of nitrogens with one attached hydrogen (secondary N) is 1.